The second kappa shape index (κ2) is 4.50. The molecular formula is C10H7ClFN3O2. The van der Waals surface area contributed by atoms with Gasteiger partial charge in [-0.2, -0.15) is 0 Å². The van der Waals surface area contributed by atoms with Gasteiger partial charge in [0.25, 0.3) is 0 Å². The first-order valence-electron chi connectivity index (χ1n) is 4.63. The molecule has 5 nitrogen and oxygen atoms in total. The lowest BCUT2D eigenvalue weighted by molar-refractivity contribution is 0.0690. The summed E-state index contributed by atoms with van der Waals surface area (Å²) in [6, 6.07) is 4.25. The SMILES string of the molecule is O=C(O)c1cn(Cc2ccc(F)c(Cl)c2)nn1. The average Bonchev–Trinajstić information content (AvgIpc) is 2.72. The van der Waals surface area contributed by atoms with Crippen molar-refractivity contribution < 1.29 is 14.3 Å². The van der Waals surface area contributed by atoms with Crippen molar-refractivity contribution in [1.82, 2.24) is 15.0 Å². The Morgan fingerprint density at radius 1 is 1.53 bits per heavy atom. The van der Waals surface area contributed by atoms with Gasteiger partial charge in [-0.3, -0.25) is 0 Å². The summed E-state index contributed by atoms with van der Waals surface area (Å²) in [6.07, 6.45) is 1.29. The predicted octanol–water partition coefficient (Wildman–Crippen LogP) is 1.82. The highest BCUT2D eigenvalue weighted by Gasteiger charge is 2.08. The topological polar surface area (TPSA) is 68.0 Å². The summed E-state index contributed by atoms with van der Waals surface area (Å²) in [4.78, 5) is 10.6. The summed E-state index contributed by atoms with van der Waals surface area (Å²) >= 11 is 5.62. The van der Waals surface area contributed by atoms with Crippen molar-refractivity contribution in [3.8, 4) is 0 Å². The molecule has 0 spiro atoms. The van der Waals surface area contributed by atoms with Crippen LogP contribution in [0.5, 0.6) is 0 Å². The molecule has 17 heavy (non-hydrogen) atoms. The molecule has 0 amide bonds. The van der Waals surface area contributed by atoms with E-state index in [1.54, 1.807) is 6.07 Å². The van der Waals surface area contributed by atoms with Gasteiger partial charge in [0, 0.05) is 0 Å². The number of benzene rings is 1. The number of aromatic carboxylic acids is 1. The number of carbonyl (C=O) groups is 1. The van der Waals surface area contributed by atoms with Crippen molar-refractivity contribution in [3.05, 3.63) is 46.5 Å². The highest BCUT2D eigenvalue weighted by atomic mass is 35.5. The zero-order chi connectivity index (χ0) is 12.4. The van der Waals surface area contributed by atoms with Crippen molar-refractivity contribution in [3.63, 3.8) is 0 Å². The van der Waals surface area contributed by atoms with E-state index >= 15 is 0 Å². The van der Waals surface area contributed by atoms with E-state index in [-0.39, 0.29) is 17.3 Å². The second-order valence-electron chi connectivity index (χ2n) is 3.35. The molecule has 0 saturated carbocycles. The molecule has 1 N–H and O–H groups in total. The third-order valence-corrected chi connectivity index (χ3v) is 2.38. The molecule has 0 saturated heterocycles. The van der Waals surface area contributed by atoms with Crippen molar-refractivity contribution in [2.75, 3.05) is 0 Å². The van der Waals surface area contributed by atoms with E-state index in [1.165, 1.54) is 23.0 Å². The van der Waals surface area contributed by atoms with E-state index in [0.717, 1.165) is 0 Å². The van der Waals surface area contributed by atoms with Crippen LogP contribution in [0, 0.1) is 5.82 Å². The van der Waals surface area contributed by atoms with E-state index in [1.807, 2.05) is 0 Å². The van der Waals surface area contributed by atoms with Crippen molar-refractivity contribution in [1.29, 1.82) is 0 Å². The second-order valence-corrected chi connectivity index (χ2v) is 3.76. The monoisotopic (exact) mass is 255 g/mol. The van der Waals surface area contributed by atoms with Gasteiger partial charge >= 0.3 is 5.97 Å². The normalized spacial score (nSPS) is 10.5. The summed E-state index contributed by atoms with van der Waals surface area (Å²) in [5.41, 5.74) is 0.566. The first-order valence-corrected chi connectivity index (χ1v) is 5.01. The van der Waals surface area contributed by atoms with Crippen LogP contribution in [0.25, 0.3) is 0 Å². The van der Waals surface area contributed by atoms with Gasteiger partial charge in [-0.15, -0.1) is 5.10 Å². The summed E-state index contributed by atoms with van der Waals surface area (Å²) < 4.78 is 14.2. The Kier molecular flexibility index (Phi) is 3.06. The molecule has 1 heterocycles. The molecule has 0 aliphatic carbocycles. The number of rotatable bonds is 3. The highest BCUT2D eigenvalue weighted by Crippen LogP contribution is 2.16. The summed E-state index contributed by atoms with van der Waals surface area (Å²) in [6.45, 7) is 0.278. The molecule has 0 aliphatic heterocycles. The Balaban J connectivity index is 2.19. The lowest BCUT2D eigenvalue weighted by Gasteiger charge is -2.01. The van der Waals surface area contributed by atoms with Crippen LogP contribution in [0.3, 0.4) is 0 Å². The van der Waals surface area contributed by atoms with Gasteiger partial charge in [-0.05, 0) is 17.7 Å². The lowest BCUT2D eigenvalue weighted by Crippen LogP contribution is -2.00. The minimum Gasteiger partial charge on any atom is -0.476 e. The van der Waals surface area contributed by atoms with Crippen LogP contribution in [0.1, 0.15) is 16.1 Å². The Labute approximate surface area is 100 Å². The maximum atomic E-state index is 12.9. The van der Waals surface area contributed by atoms with Crippen LogP contribution in [-0.4, -0.2) is 26.1 Å². The van der Waals surface area contributed by atoms with E-state index in [0.29, 0.717) is 5.56 Å². The molecule has 0 unspecified atom stereocenters. The molecule has 2 aromatic rings. The van der Waals surface area contributed by atoms with E-state index in [2.05, 4.69) is 10.3 Å². The fraction of sp³-hybridized carbons (Fsp3) is 0.100. The highest BCUT2D eigenvalue weighted by molar-refractivity contribution is 6.30. The molecule has 0 fully saturated rings. The molecule has 7 heteroatoms. The van der Waals surface area contributed by atoms with Crippen LogP contribution >= 0.6 is 11.6 Å². The number of nitrogens with zero attached hydrogens (tertiary/aromatic N) is 3. The Hall–Kier alpha value is -1.95. The first-order chi connectivity index (χ1) is 8.06. The average molecular weight is 256 g/mol. The fourth-order valence-corrected chi connectivity index (χ4v) is 1.50. The Bertz CT molecular complexity index is 570. The summed E-state index contributed by atoms with van der Waals surface area (Å²) in [5, 5.41) is 15.8. The van der Waals surface area contributed by atoms with Gasteiger partial charge in [0.15, 0.2) is 5.69 Å². The van der Waals surface area contributed by atoms with Gasteiger partial charge in [0.05, 0.1) is 17.8 Å². The largest absolute Gasteiger partial charge is 0.476 e. The molecule has 1 aromatic heterocycles. The minimum atomic E-state index is -1.15. The number of carboxylic acid groups (broad SMARTS) is 1. The van der Waals surface area contributed by atoms with Crippen LogP contribution < -0.4 is 0 Å². The minimum absolute atomic E-state index is 0.0149. The number of hydrogen-bond donors (Lipinski definition) is 1. The van der Waals surface area contributed by atoms with Crippen LogP contribution in [-0.2, 0) is 6.54 Å². The maximum Gasteiger partial charge on any atom is 0.358 e. The van der Waals surface area contributed by atoms with E-state index < -0.39 is 11.8 Å². The summed E-state index contributed by atoms with van der Waals surface area (Å²) in [5.74, 6) is -1.64. The zero-order valence-corrected chi connectivity index (χ0v) is 9.23. The summed E-state index contributed by atoms with van der Waals surface area (Å²) in [7, 11) is 0. The van der Waals surface area contributed by atoms with Gasteiger partial charge in [0.1, 0.15) is 5.82 Å². The third-order valence-electron chi connectivity index (χ3n) is 2.09. The molecule has 0 radical (unpaired) electrons. The van der Waals surface area contributed by atoms with Gasteiger partial charge in [-0.1, -0.05) is 22.9 Å². The van der Waals surface area contributed by atoms with Crippen LogP contribution in [0.4, 0.5) is 4.39 Å². The zero-order valence-electron chi connectivity index (χ0n) is 8.47. The molecular weight excluding hydrogens is 249 g/mol. The lowest BCUT2D eigenvalue weighted by atomic mass is 10.2. The number of aromatic nitrogens is 3. The van der Waals surface area contributed by atoms with Crippen molar-refractivity contribution in [2.45, 2.75) is 6.54 Å². The molecule has 0 aliphatic rings. The smallest absolute Gasteiger partial charge is 0.358 e. The van der Waals surface area contributed by atoms with Crippen LogP contribution in [0.15, 0.2) is 24.4 Å². The fourth-order valence-electron chi connectivity index (χ4n) is 1.30. The predicted molar refractivity (Wildman–Crippen MR) is 57.5 cm³/mol. The van der Waals surface area contributed by atoms with Gasteiger partial charge in [-0.25, -0.2) is 13.9 Å². The first kappa shape index (κ1) is 11.5. The number of hydrogen-bond acceptors (Lipinski definition) is 3. The third kappa shape index (κ3) is 2.59. The quantitative estimate of drug-likeness (QED) is 0.908. The Morgan fingerprint density at radius 2 is 2.29 bits per heavy atom. The van der Waals surface area contributed by atoms with Gasteiger partial charge in [0.2, 0.25) is 0 Å². The number of halogens is 2. The standard InChI is InChI=1S/C10H7ClFN3O2/c11-7-3-6(1-2-8(7)12)4-15-5-9(10(16)17)13-14-15/h1-3,5H,4H2,(H,16,17). The Morgan fingerprint density at radius 3 is 2.88 bits per heavy atom. The maximum absolute atomic E-state index is 12.9. The molecule has 1 aromatic carbocycles. The van der Waals surface area contributed by atoms with E-state index in [4.69, 9.17) is 16.7 Å². The van der Waals surface area contributed by atoms with Crippen molar-refractivity contribution >= 4 is 17.6 Å². The molecule has 0 atom stereocenters. The van der Waals surface area contributed by atoms with Crippen molar-refractivity contribution in [2.24, 2.45) is 0 Å². The van der Waals surface area contributed by atoms with E-state index in [9.17, 15) is 9.18 Å². The van der Waals surface area contributed by atoms with Gasteiger partial charge < -0.3 is 5.11 Å². The molecule has 2 rings (SSSR count). The molecule has 88 valence electrons. The molecule has 0 bridgehead atoms. The van der Waals surface area contributed by atoms with Crippen LogP contribution in [0.2, 0.25) is 5.02 Å². The number of carboxylic acids is 1.